The Morgan fingerprint density at radius 1 is 1.00 bits per heavy atom. The molecule has 3 heterocycles. The van der Waals surface area contributed by atoms with E-state index in [-0.39, 0.29) is 5.96 Å². The molecule has 0 amide bonds. The average Bonchev–Trinajstić information content (AvgIpc) is 3.40. The molecule has 1 aliphatic carbocycles. The van der Waals surface area contributed by atoms with Gasteiger partial charge in [0.2, 0.25) is 11.9 Å². The highest BCUT2D eigenvalue weighted by molar-refractivity contribution is 6.05. The van der Waals surface area contributed by atoms with Crippen molar-refractivity contribution < 1.29 is 0 Å². The van der Waals surface area contributed by atoms with Crippen LogP contribution in [0.15, 0.2) is 52.7 Å². The van der Waals surface area contributed by atoms with E-state index in [4.69, 9.17) is 21.6 Å². The fourth-order valence-electron chi connectivity index (χ4n) is 4.88. The molecule has 0 saturated heterocycles. The van der Waals surface area contributed by atoms with Gasteiger partial charge in [-0.1, -0.05) is 6.42 Å². The first-order valence-corrected chi connectivity index (χ1v) is 11.2. The summed E-state index contributed by atoms with van der Waals surface area (Å²) >= 11 is 0. The molecule has 5 rings (SSSR count). The van der Waals surface area contributed by atoms with Crippen molar-refractivity contribution in [3.63, 3.8) is 0 Å². The standard InChI is InChI=1S/C23H29N9/c1-3-30-16(2)19(15-26-30)20-11-14-31(29-20)17-7-9-18(10-8-17)32-22(25)27-21(24)28-23(32)12-5-4-6-13-23/h7-11,14-15H,3-6,12-13H2,1-2H3,(H4,24,25,27,28). The van der Waals surface area contributed by atoms with Gasteiger partial charge in [0, 0.05) is 29.7 Å². The summed E-state index contributed by atoms with van der Waals surface area (Å²) in [5, 5.41) is 9.20. The van der Waals surface area contributed by atoms with Gasteiger partial charge in [-0.15, -0.1) is 0 Å². The van der Waals surface area contributed by atoms with E-state index in [0.717, 1.165) is 60.6 Å². The highest BCUT2D eigenvalue weighted by Crippen LogP contribution is 2.39. The Hall–Kier alpha value is -3.62. The fourth-order valence-corrected chi connectivity index (χ4v) is 4.88. The van der Waals surface area contributed by atoms with Gasteiger partial charge in [0.25, 0.3) is 0 Å². The monoisotopic (exact) mass is 431 g/mol. The van der Waals surface area contributed by atoms with Gasteiger partial charge in [0.05, 0.1) is 17.6 Å². The van der Waals surface area contributed by atoms with Crippen molar-refractivity contribution in [2.45, 2.75) is 58.2 Å². The molecule has 2 aromatic heterocycles. The molecule has 1 aliphatic heterocycles. The van der Waals surface area contributed by atoms with Crippen molar-refractivity contribution in [2.24, 2.45) is 21.5 Å². The van der Waals surface area contributed by atoms with Gasteiger partial charge in [-0.2, -0.15) is 15.2 Å². The van der Waals surface area contributed by atoms with Crippen molar-refractivity contribution >= 4 is 17.6 Å². The van der Waals surface area contributed by atoms with E-state index in [1.165, 1.54) is 6.42 Å². The topological polar surface area (TPSA) is 116 Å². The number of benzene rings is 1. The van der Waals surface area contributed by atoms with Gasteiger partial charge >= 0.3 is 0 Å². The molecule has 9 nitrogen and oxygen atoms in total. The van der Waals surface area contributed by atoms with Crippen molar-refractivity contribution in [3.05, 3.63) is 48.4 Å². The maximum absolute atomic E-state index is 6.34. The number of anilines is 1. The van der Waals surface area contributed by atoms with Gasteiger partial charge in [-0.25, -0.2) is 9.67 Å². The number of aromatic nitrogens is 4. The molecule has 0 unspecified atom stereocenters. The molecular formula is C23H29N9. The lowest BCUT2D eigenvalue weighted by Crippen LogP contribution is -2.58. The maximum Gasteiger partial charge on any atom is 0.220 e. The molecular weight excluding hydrogens is 402 g/mol. The Morgan fingerprint density at radius 2 is 1.72 bits per heavy atom. The van der Waals surface area contributed by atoms with Crippen molar-refractivity contribution in [2.75, 3.05) is 4.90 Å². The Labute approximate surface area is 187 Å². The minimum absolute atomic E-state index is 0.267. The molecule has 166 valence electrons. The highest BCUT2D eigenvalue weighted by atomic mass is 15.4. The van der Waals surface area contributed by atoms with Crippen LogP contribution in [0, 0.1) is 6.92 Å². The van der Waals surface area contributed by atoms with E-state index in [1.54, 1.807) is 0 Å². The van der Waals surface area contributed by atoms with Crippen molar-refractivity contribution in [1.82, 2.24) is 19.6 Å². The van der Waals surface area contributed by atoms with Crippen LogP contribution in [0.2, 0.25) is 0 Å². The van der Waals surface area contributed by atoms with E-state index in [1.807, 2.05) is 57.0 Å². The second kappa shape index (κ2) is 7.81. The smallest absolute Gasteiger partial charge is 0.220 e. The first kappa shape index (κ1) is 20.3. The Morgan fingerprint density at radius 3 is 2.41 bits per heavy atom. The summed E-state index contributed by atoms with van der Waals surface area (Å²) in [5.74, 6) is 0.667. The van der Waals surface area contributed by atoms with Crippen LogP contribution in [0.25, 0.3) is 16.9 Å². The zero-order valence-corrected chi connectivity index (χ0v) is 18.6. The molecule has 1 fully saturated rings. The van der Waals surface area contributed by atoms with Crippen LogP contribution in [-0.4, -0.2) is 37.1 Å². The predicted molar refractivity (Wildman–Crippen MR) is 127 cm³/mol. The fraction of sp³-hybridized carbons (Fsp3) is 0.391. The number of aliphatic imine (C=N–C) groups is 2. The third-order valence-corrected chi connectivity index (χ3v) is 6.49. The molecule has 3 aromatic rings. The molecule has 4 N–H and O–H groups in total. The lowest BCUT2D eigenvalue weighted by Gasteiger charge is -2.45. The van der Waals surface area contributed by atoms with Crippen LogP contribution in [-0.2, 0) is 6.54 Å². The normalized spacial score (nSPS) is 18.0. The summed E-state index contributed by atoms with van der Waals surface area (Å²) in [7, 11) is 0. The van der Waals surface area contributed by atoms with E-state index >= 15 is 0 Å². The summed E-state index contributed by atoms with van der Waals surface area (Å²) in [4.78, 5) is 11.0. The van der Waals surface area contributed by atoms with Gasteiger partial charge in [0.15, 0.2) is 0 Å². The summed E-state index contributed by atoms with van der Waals surface area (Å²) in [6, 6.07) is 10.2. The molecule has 0 bridgehead atoms. The SMILES string of the molecule is CCn1ncc(-c2ccn(-c3ccc(N4C(N)=NC(N)=NC45CCCCC5)cc3)n2)c1C. The number of nitrogens with two attached hydrogens (primary N) is 2. The average molecular weight is 432 g/mol. The van der Waals surface area contributed by atoms with E-state index in [2.05, 4.69) is 23.9 Å². The number of hydrogen-bond acceptors (Lipinski definition) is 7. The molecule has 2 aliphatic rings. The van der Waals surface area contributed by atoms with Gasteiger partial charge in [0.1, 0.15) is 5.66 Å². The van der Waals surface area contributed by atoms with E-state index in [0.29, 0.717) is 5.96 Å². The summed E-state index contributed by atoms with van der Waals surface area (Å²) < 4.78 is 3.85. The maximum atomic E-state index is 6.34. The molecule has 1 aromatic carbocycles. The lowest BCUT2D eigenvalue weighted by atomic mass is 9.87. The van der Waals surface area contributed by atoms with Crippen LogP contribution < -0.4 is 16.4 Å². The van der Waals surface area contributed by atoms with Crippen LogP contribution in [0.5, 0.6) is 0 Å². The van der Waals surface area contributed by atoms with Crippen LogP contribution >= 0.6 is 0 Å². The molecule has 0 atom stereocenters. The Kier molecular flexibility index (Phi) is 4.96. The predicted octanol–water partition coefficient (Wildman–Crippen LogP) is 3.17. The van der Waals surface area contributed by atoms with Crippen LogP contribution in [0.4, 0.5) is 5.69 Å². The summed E-state index contributed by atoms with van der Waals surface area (Å²) in [6.07, 6.45) is 9.09. The van der Waals surface area contributed by atoms with Gasteiger partial charge in [-0.05, 0) is 69.9 Å². The molecule has 1 saturated carbocycles. The van der Waals surface area contributed by atoms with Gasteiger partial charge < -0.3 is 11.5 Å². The van der Waals surface area contributed by atoms with E-state index < -0.39 is 5.66 Å². The zero-order chi connectivity index (χ0) is 22.3. The van der Waals surface area contributed by atoms with Crippen LogP contribution in [0.3, 0.4) is 0 Å². The molecule has 1 spiro atoms. The van der Waals surface area contributed by atoms with Gasteiger partial charge in [-0.3, -0.25) is 9.58 Å². The number of aryl methyl sites for hydroxylation is 1. The Bertz CT molecular complexity index is 1180. The quantitative estimate of drug-likeness (QED) is 0.658. The second-order valence-corrected chi connectivity index (χ2v) is 8.44. The zero-order valence-electron chi connectivity index (χ0n) is 18.6. The molecule has 9 heteroatoms. The minimum Gasteiger partial charge on any atom is -0.369 e. The third kappa shape index (κ3) is 3.34. The Balaban J connectivity index is 1.44. The van der Waals surface area contributed by atoms with Crippen molar-refractivity contribution in [3.8, 4) is 16.9 Å². The molecule has 0 radical (unpaired) electrons. The van der Waals surface area contributed by atoms with Crippen LogP contribution in [0.1, 0.15) is 44.7 Å². The summed E-state index contributed by atoms with van der Waals surface area (Å²) in [5.41, 5.74) is 16.9. The number of hydrogen-bond donors (Lipinski definition) is 2. The number of rotatable bonds is 4. The van der Waals surface area contributed by atoms with E-state index in [9.17, 15) is 0 Å². The molecule has 32 heavy (non-hydrogen) atoms. The minimum atomic E-state index is -0.439. The number of nitrogens with zero attached hydrogens (tertiary/aromatic N) is 7. The number of guanidine groups is 2. The first-order valence-electron chi connectivity index (χ1n) is 11.2. The van der Waals surface area contributed by atoms with Crippen molar-refractivity contribution in [1.29, 1.82) is 0 Å². The largest absolute Gasteiger partial charge is 0.369 e. The second-order valence-electron chi connectivity index (χ2n) is 8.44. The summed E-state index contributed by atoms with van der Waals surface area (Å²) in [6.45, 7) is 5.00. The third-order valence-electron chi connectivity index (χ3n) is 6.49. The highest BCUT2D eigenvalue weighted by Gasteiger charge is 2.42. The first-order chi connectivity index (χ1) is 15.5. The lowest BCUT2D eigenvalue weighted by molar-refractivity contribution is 0.305.